The number of aromatic amines is 1. The Kier molecular flexibility index (Phi) is 2.65. The molecule has 0 aliphatic heterocycles. The van der Waals surface area contributed by atoms with Crippen LogP contribution in [0.5, 0.6) is 0 Å². The first kappa shape index (κ1) is 14.0. The number of aryl methyl sites for hydroxylation is 1. The molecule has 0 amide bonds. The lowest BCUT2D eigenvalue weighted by molar-refractivity contribution is 0.735. The predicted molar refractivity (Wildman–Crippen MR) is 103 cm³/mol. The van der Waals surface area contributed by atoms with Gasteiger partial charge in [-0.25, -0.2) is 9.97 Å². The monoisotopic (exact) mass is 339 g/mol. The molecule has 1 fully saturated rings. The molecule has 4 aromatic heterocycles. The van der Waals surface area contributed by atoms with Crippen LogP contribution in [0.4, 0.5) is 0 Å². The molecule has 0 spiro atoms. The third-order valence-corrected chi connectivity index (χ3v) is 5.34. The Morgan fingerprint density at radius 2 is 1.92 bits per heavy atom. The van der Waals surface area contributed by atoms with E-state index in [1.807, 2.05) is 18.6 Å². The molecule has 1 saturated carbocycles. The highest BCUT2D eigenvalue weighted by Crippen LogP contribution is 2.40. The summed E-state index contributed by atoms with van der Waals surface area (Å²) in [5, 5.41) is 2.29. The van der Waals surface area contributed by atoms with Crippen molar-refractivity contribution >= 4 is 33.0 Å². The van der Waals surface area contributed by atoms with E-state index in [9.17, 15) is 0 Å². The van der Waals surface area contributed by atoms with Crippen LogP contribution in [-0.2, 0) is 0 Å². The molecule has 5 heteroatoms. The van der Waals surface area contributed by atoms with E-state index in [-0.39, 0.29) is 0 Å². The summed E-state index contributed by atoms with van der Waals surface area (Å²) in [5.74, 6) is 1.08. The molecule has 5 aromatic rings. The van der Waals surface area contributed by atoms with Crippen molar-refractivity contribution < 1.29 is 0 Å². The number of aromatic nitrogens is 5. The first-order valence-corrected chi connectivity index (χ1v) is 8.99. The van der Waals surface area contributed by atoms with Gasteiger partial charge in [-0.15, -0.1) is 0 Å². The Morgan fingerprint density at radius 1 is 1.00 bits per heavy atom. The summed E-state index contributed by atoms with van der Waals surface area (Å²) < 4.78 is 2.40. The lowest BCUT2D eigenvalue weighted by Crippen LogP contribution is -1.97. The summed E-state index contributed by atoms with van der Waals surface area (Å²) in [7, 11) is 0. The maximum absolute atomic E-state index is 4.74. The van der Waals surface area contributed by atoms with E-state index in [1.165, 1.54) is 23.7 Å². The zero-order valence-electron chi connectivity index (χ0n) is 14.4. The van der Waals surface area contributed by atoms with Crippen LogP contribution in [0, 0.1) is 6.92 Å². The van der Waals surface area contributed by atoms with Crippen molar-refractivity contribution in [2.45, 2.75) is 25.8 Å². The summed E-state index contributed by atoms with van der Waals surface area (Å²) in [5.41, 5.74) is 6.40. The van der Waals surface area contributed by atoms with Crippen molar-refractivity contribution in [1.82, 2.24) is 24.5 Å². The first-order chi connectivity index (χ1) is 12.8. The lowest BCUT2D eigenvalue weighted by atomic mass is 10.0. The Morgan fingerprint density at radius 3 is 2.81 bits per heavy atom. The van der Waals surface area contributed by atoms with Crippen LogP contribution in [0.2, 0.25) is 0 Å². The van der Waals surface area contributed by atoms with Gasteiger partial charge in [0.2, 0.25) is 0 Å². The standard InChI is InChI=1S/C21H17N5/c1-12-25-19-11-23-18-5-2-13(9-17(18)20(19)26(12)16-3-4-16)15-8-14-6-7-22-21(14)24-10-15/h2,5-11,16H,3-4H2,1H3,(H,22,24). The minimum atomic E-state index is 0.590. The van der Waals surface area contributed by atoms with Gasteiger partial charge >= 0.3 is 0 Å². The van der Waals surface area contributed by atoms with Crippen LogP contribution in [0.3, 0.4) is 0 Å². The quantitative estimate of drug-likeness (QED) is 0.504. The van der Waals surface area contributed by atoms with Gasteiger partial charge in [-0.3, -0.25) is 4.98 Å². The minimum Gasteiger partial charge on any atom is -0.346 e. The zero-order chi connectivity index (χ0) is 17.3. The van der Waals surface area contributed by atoms with Gasteiger partial charge in [0, 0.05) is 34.8 Å². The van der Waals surface area contributed by atoms with Crippen molar-refractivity contribution in [3.63, 3.8) is 0 Å². The largest absolute Gasteiger partial charge is 0.346 e. The molecule has 0 atom stereocenters. The van der Waals surface area contributed by atoms with Crippen molar-refractivity contribution in [3.8, 4) is 11.1 Å². The number of pyridine rings is 2. The van der Waals surface area contributed by atoms with Gasteiger partial charge in [0.05, 0.1) is 17.2 Å². The van der Waals surface area contributed by atoms with E-state index in [4.69, 9.17) is 4.98 Å². The third kappa shape index (κ3) is 1.94. The number of hydrogen-bond donors (Lipinski definition) is 1. The Labute approximate surface area is 149 Å². The number of rotatable bonds is 2. The average molecular weight is 339 g/mol. The van der Waals surface area contributed by atoms with Crippen LogP contribution in [0.15, 0.2) is 48.9 Å². The first-order valence-electron chi connectivity index (χ1n) is 8.99. The van der Waals surface area contributed by atoms with Gasteiger partial charge in [0.1, 0.15) is 17.0 Å². The van der Waals surface area contributed by atoms with Crippen molar-refractivity contribution in [2.24, 2.45) is 0 Å². The van der Waals surface area contributed by atoms with Crippen LogP contribution in [0.25, 0.3) is 44.1 Å². The molecule has 1 aliphatic rings. The van der Waals surface area contributed by atoms with Crippen LogP contribution in [-0.4, -0.2) is 24.5 Å². The van der Waals surface area contributed by atoms with Gasteiger partial charge in [0.25, 0.3) is 0 Å². The molecule has 6 rings (SSSR count). The van der Waals surface area contributed by atoms with Crippen LogP contribution in [0.1, 0.15) is 24.7 Å². The molecule has 5 nitrogen and oxygen atoms in total. The molecule has 0 saturated heterocycles. The van der Waals surface area contributed by atoms with Crippen molar-refractivity contribution in [1.29, 1.82) is 0 Å². The van der Waals surface area contributed by atoms with Crippen molar-refractivity contribution in [3.05, 3.63) is 54.7 Å². The summed E-state index contributed by atoms with van der Waals surface area (Å²) in [6.07, 6.45) is 8.23. The number of fused-ring (bicyclic) bond motifs is 4. The fourth-order valence-electron chi connectivity index (χ4n) is 3.95. The van der Waals surface area contributed by atoms with Gasteiger partial charge in [-0.2, -0.15) is 0 Å². The maximum Gasteiger partial charge on any atom is 0.137 e. The summed E-state index contributed by atoms with van der Waals surface area (Å²) >= 11 is 0. The SMILES string of the molecule is Cc1nc2cnc3ccc(-c4cnc5[nH]ccc5c4)cc3c2n1C1CC1. The second kappa shape index (κ2) is 4.91. The predicted octanol–water partition coefficient (Wildman–Crippen LogP) is 4.77. The van der Waals surface area contributed by atoms with E-state index in [1.54, 1.807) is 0 Å². The summed E-state index contributed by atoms with van der Waals surface area (Å²) in [6.45, 7) is 2.09. The average Bonchev–Trinajstić information content (AvgIpc) is 3.27. The fraction of sp³-hybridized carbons (Fsp3) is 0.190. The highest BCUT2D eigenvalue weighted by molar-refractivity contribution is 6.04. The molecular formula is C21H17N5. The second-order valence-electron chi connectivity index (χ2n) is 7.12. The molecule has 4 heterocycles. The molecule has 0 radical (unpaired) electrons. The molecule has 126 valence electrons. The fourth-order valence-corrected chi connectivity index (χ4v) is 3.95. The highest BCUT2D eigenvalue weighted by atomic mass is 15.1. The highest BCUT2D eigenvalue weighted by Gasteiger charge is 2.28. The van der Waals surface area contributed by atoms with Gasteiger partial charge in [-0.1, -0.05) is 6.07 Å². The lowest BCUT2D eigenvalue weighted by Gasteiger charge is -2.08. The molecular weight excluding hydrogens is 322 g/mol. The molecule has 1 aliphatic carbocycles. The summed E-state index contributed by atoms with van der Waals surface area (Å²) in [4.78, 5) is 17.0. The number of nitrogens with zero attached hydrogens (tertiary/aromatic N) is 4. The smallest absolute Gasteiger partial charge is 0.137 e. The number of benzene rings is 1. The Hall–Kier alpha value is -3.21. The number of nitrogens with one attached hydrogen (secondary N) is 1. The van der Waals surface area contributed by atoms with E-state index in [0.29, 0.717) is 6.04 Å². The number of imidazole rings is 1. The molecule has 26 heavy (non-hydrogen) atoms. The van der Waals surface area contributed by atoms with Gasteiger partial charge < -0.3 is 9.55 Å². The van der Waals surface area contributed by atoms with E-state index in [0.717, 1.165) is 39.0 Å². The molecule has 1 aromatic carbocycles. The normalized spacial score (nSPS) is 14.7. The third-order valence-electron chi connectivity index (χ3n) is 5.34. The van der Waals surface area contributed by atoms with Crippen LogP contribution < -0.4 is 0 Å². The molecule has 0 unspecified atom stereocenters. The zero-order valence-corrected chi connectivity index (χ0v) is 14.4. The molecule has 0 bridgehead atoms. The van der Waals surface area contributed by atoms with Gasteiger partial charge in [-0.05, 0) is 49.6 Å². The topological polar surface area (TPSA) is 59.4 Å². The Bertz CT molecular complexity index is 1310. The summed E-state index contributed by atoms with van der Waals surface area (Å²) in [6, 6.07) is 11.3. The minimum absolute atomic E-state index is 0.590. The molecule has 1 N–H and O–H groups in total. The van der Waals surface area contributed by atoms with E-state index >= 15 is 0 Å². The van der Waals surface area contributed by atoms with E-state index in [2.05, 4.69) is 56.8 Å². The van der Waals surface area contributed by atoms with Crippen LogP contribution >= 0.6 is 0 Å². The van der Waals surface area contributed by atoms with Gasteiger partial charge in [0.15, 0.2) is 0 Å². The number of hydrogen-bond acceptors (Lipinski definition) is 3. The Balaban J connectivity index is 1.64. The maximum atomic E-state index is 4.74. The number of H-pyrrole nitrogens is 1. The van der Waals surface area contributed by atoms with E-state index < -0.39 is 0 Å². The second-order valence-corrected chi connectivity index (χ2v) is 7.12. The van der Waals surface area contributed by atoms with Crippen molar-refractivity contribution in [2.75, 3.05) is 0 Å².